The van der Waals surface area contributed by atoms with Crippen LogP contribution < -0.4 is 0 Å². The first-order valence-corrected chi connectivity index (χ1v) is 7.72. The van der Waals surface area contributed by atoms with Crippen LogP contribution in [0.15, 0.2) is 24.3 Å². The molecule has 1 heterocycles. The van der Waals surface area contributed by atoms with Crippen LogP contribution in [0.1, 0.15) is 59.7 Å². The monoisotopic (exact) mass is 313 g/mol. The zero-order valence-corrected chi connectivity index (χ0v) is 14.3. The summed E-state index contributed by atoms with van der Waals surface area (Å²) >= 11 is 0. The quantitative estimate of drug-likeness (QED) is 0.681. The zero-order chi connectivity index (χ0) is 17.2. The van der Waals surface area contributed by atoms with E-state index in [2.05, 4.69) is 37.9 Å². The Morgan fingerprint density at radius 1 is 1.30 bits per heavy atom. The largest absolute Gasteiger partial charge is 0.465 e. The molecule has 0 radical (unpaired) electrons. The Balaban J connectivity index is 2.67. The third-order valence-electron chi connectivity index (χ3n) is 4.01. The number of hydrogen-bond donors (Lipinski definition) is 1. The predicted octanol–water partition coefficient (Wildman–Crippen LogP) is 4.14. The summed E-state index contributed by atoms with van der Waals surface area (Å²) in [5, 5.41) is 0. The van der Waals surface area contributed by atoms with Crippen LogP contribution in [0, 0.1) is 0 Å². The van der Waals surface area contributed by atoms with Crippen molar-refractivity contribution in [1.82, 2.24) is 4.98 Å². The standard InChI is InChI=1S/C19H23NO3/c1-6-14-16(18(22)23-5)15(11-21)20-17(14)12-8-7-9-13(10-12)19(2,3)4/h7-11,20H,6H2,1-5H3. The second-order valence-corrected chi connectivity index (χ2v) is 6.56. The number of ether oxygens (including phenoxy) is 1. The van der Waals surface area contributed by atoms with Gasteiger partial charge in [0.2, 0.25) is 0 Å². The average molecular weight is 313 g/mol. The van der Waals surface area contributed by atoms with Gasteiger partial charge >= 0.3 is 5.97 Å². The highest BCUT2D eigenvalue weighted by Gasteiger charge is 2.24. The van der Waals surface area contributed by atoms with Gasteiger partial charge in [0.15, 0.2) is 6.29 Å². The lowest BCUT2D eigenvalue weighted by Gasteiger charge is -2.19. The fourth-order valence-electron chi connectivity index (χ4n) is 2.72. The van der Waals surface area contributed by atoms with Crippen LogP contribution in [0.2, 0.25) is 0 Å². The van der Waals surface area contributed by atoms with Crippen molar-refractivity contribution in [2.24, 2.45) is 0 Å². The van der Waals surface area contributed by atoms with Crippen LogP contribution in [0.25, 0.3) is 11.3 Å². The number of aldehydes is 1. The molecule has 0 saturated carbocycles. The van der Waals surface area contributed by atoms with Gasteiger partial charge < -0.3 is 9.72 Å². The Bertz CT molecular complexity index is 736. The number of aromatic amines is 1. The van der Waals surface area contributed by atoms with Crippen molar-refractivity contribution in [2.75, 3.05) is 7.11 Å². The van der Waals surface area contributed by atoms with Gasteiger partial charge in [-0.15, -0.1) is 0 Å². The summed E-state index contributed by atoms with van der Waals surface area (Å²) in [7, 11) is 1.32. The van der Waals surface area contributed by atoms with E-state index in [-0.39, 0.29) is 11.1 Å². The summed E-state index contributed by atoms with van der Waals surface area (Å²) in [4.78, 5) is 26.5. The number of rotatable bonds is 4. The summed E-state index contributed by atoms with van der Waals surface area (Å²) in [6.45, 7) is 8.41. The van der Waals surface area contributed by atoms with E-state index in [1.165, 1.54) is 12.7 Å². The number of benzene rings is 1. The van der Waals surface area contributed by atoms with E-state index in [1.54, 1.807) is 0 Å². The third kappa shape index (κ3) is 3.21. The second kappa shape index (κ2) is 6.41. The number of carbonyl (C=O) groups excluding carboxylic acids is 2. The van der Waals surface area contributed by atoms with Gasteiger partial charge in [0.1, 0.15) is 0 Å². The SMILES string of the molecule is CCc1c(-c2cccc(C(C)(C)C)c2)[nH]c(C=O)c1C(=O)OC. The first-order valence-electron chi connectivity index (χ1n) is 7.72. The maximum Gasteiger partial charge on any atom is 0.340 e. The van der Waals surface area contributed by atoms with E-state index in [0.29, 0.717) is 18.3 Å². The third-order valence-corrected chi connectivity index (χ3v) is 4.01. The molecule has 0 unspecified atom stereocenters. The topological polar surface area (TPSA) is 59.2 Å². The first-order chi connectivity index (χ1) is 10.8. The molecule has 0 amide bonds. The molecule has 1 aromatic heterocycles. The molecule has 0 aliphatic rings. The van der Waals surface area contributed by atoms with Crippen molar-refractivity contribution in [1.29, 1.82) is 0 Å². The van der Waals surface area contributed by atoms with Crippen LogP contribution in [0.4, 0.5) is 0 Å². The van der Waals surface area contributed by atoms with Crippen molar-refractivity contribution in [3.63, 3.8) is 0 Å². The molecule has 0 spiro atoms. The normalized spacial score (nSPS) is 11.3. The Morgan fingerprint density at radius 3 is 2.52 bits per heavy atom. The molecule has 0 aliphatic carbocycles. The number of carbonyl (C=O) groups is 2. The molecular formula is C19H23NO3. The minimum Gasteiger partial charge on any atom is -0.465 e. The predicted molar refractivity (Wildman–Crippen MR) is 91.0 cm³/mol. The molecule has 2 aromatic rings. The smallest absolute Gasteiger partial charge is 0.340 e. The molecule has 4 heteroatoms. The molecule has 23 heavy (non-hydrogen) atoms. The van der Waals surface area contributed by atoms with Crippen molar-refractivity contribution in [2.45, 2.75) is 39.5 Å². The van der Waals surface area contributed by atoms with Gasteiger partial charge in [0.05, 0.1) is 24.1 Å². The molecule has 1 aromatic carbocycles. The first kappa shape index (κ1) is 17.0. The summed E-state index contributed by atoms with van der Waals surface area (Å²) in [6, 6.07) is 8.16. The Morgan fingerprint density at radius 2 is 2.00 bits per heavy atom. The Labute approximate surface area is 136 Å². The van der Waals surface area contributed by atoms with Crippen molar-refractivity contribution >= 4 is 12.3 Å². The molecular weight excluding hydrogens is 290 g/mol. The minimum atomic E-state index is -0.488. The Hall–Kier alpha value is -2.36. The minimum absolute atomic E-state index is 0.0215. The van der Waals surface area contributed by atoms with Crippen LogP contribution in [-0.2, 0) is 16.6 Å². The van der Waals surface area contributed by atoms with Crippen LogP contribution in [-0.4, -0.2) is 24.3 Å². The van der Waals surface area contributed by atoms with E-state index in [1.807, 2.05) is 19.1 Å². The lowest BCUT2D eigenvalue weighted by molar-refractivity contribution is 0.0597. The molecule has 0 bridgehead atoms. The van der Waals surface area contributed by atoms with Gasteiger partial charge in [-0.2, -0.15) is 0 Å². The van der Waals surface area contributed by atoms with E-state index in [0.717, 1.165) is 16.8 Å². The van der Waals surface area contributed by atoms with Gasteiger partial charge in [0, 0.05) is 0 Å². The Kier molecular flexibility index (Phi) is 4.73. The van der Waals surface area contributed by atoms with Gasteiger partial charge in [-0.3, -0.25) is 4.79 Å². The lowest BCUT2D eigenvalue weighted by Crippen LogP contribution is -2.10. The number of hydrogen-bond acceptors (Lipinski definition) is 3. The maximum absolute atomic E-state index is 12.0. The van der Waals surface area contributed by atoms with Crippen LogP contribution in [0.5, 0.6) is 0 Å². The summed E-state index contributed by atoms with van der Waals surface area (Å²) in [5.74, 6) is -0.488. The lowest BCUT2D eigenvalue weighted by atomic mass is 9.85. The van der Waals surface area contributed by atoms with Crippen molar-refractivity contribution in [3.8, 4) is 11.3 Å². The highest BCUT2D eigenvalue weighted by Crippen LogP contribution is 2.32. The van der Waals surface area contributed by atoms with E-state index < -0.39 is 5.97 Å². The molecule has 0 atom stereocenters. The molecule has 0 saturated heterocycles. The number of esters is 1. The fourth-order valence-corrected chi connectivity index (χ4v) is 2.72. The van der Waals surface area contributed by atoms with Gasteiger partial charge in [-0.05, 0) is 34.6 Å². The zero-order valence-electron chi connectivity index (χ0n) is 14.3. The van der Waals surface area contributed by atoms with Gasteiger partial charge in [-0.1, -0.05) is 45.9 Å². The highest BCUT2D eigenvalue weighted by atomic mass is 16.5. The number of H-pyrrole nitrogens is 1. The highest BCUT2D eigenvalue weighted by molar-refractivity contribution is 6.01. The summed E-state index contributed by atoms with van der Waals surface area (Å²) in [5.41, 5.74) is 4.40. The molecule has 2 rings (SSSR count). The van der Waals surface area contributed by atoms with E-state index >= 15 is 0 Å². The molecule has 1 N–H and O–H groups in total. The second-order valence-electron chi connectivity index (χ2n) is 6.56. The molecule has 0 fully saturated rings. The van der Waals surface area contributed by atoms with Gasteiger partial charge in [0.25, 0.3) is 0 Å². The summed E-state index contributed by atoms with van der Waals surface area (Å²) < 4.78 is 4.83. The maximum atomic E-state index is 12.0. The van der Waals surface area contributed by atoms with Crippen LogP contribution >= 0.6 is 0 Å². The van der Waals surface area contributed by atoms with Crippen LogP contribution in [0.3, 0.4) is 0 Å². The van der Waals surface area contributed by atoms with E-state index in [9.17, 15) is 9.59 Å². The average Bonchev–Trinajstić information content (AvgIpc) is 2.92. The molecule has 122 valence electrons. The number of aromatic nitrogens is 1. The molecule has 0 aliphatic heterocycles. The summed E-state index contributed by atoms with van der Waals surface area (Å²) in [6.07, 6.45) is 1.30. The molecule has 4 nitrogen and oxygen atoms in total. The number of methoxy groups -OCH3 is 1. The fraction of sp³-hybridized carbons (Fsp3) is 0.368. The van der Waals surface area contributed by atoms with E-state index in [4.69, 9.17) is 4.74 Å². The van der Waals surface area contributed by atoms with Gasteiger partial charge in [-0.25, -0.2) is 4.79 Å². The van der Waals surface area contributed by atoms with Crippen molar-refractivity contribution < 1.29 is 14.3 Å². The van der Waals surface area contributed by atoms with Crippen molar-refractivity contribution in [3.05, 3.63) is 46.6 Å². The number of nitrogens with one attached hydrogen (secondary N) is 1.